The Kier molecular flexibility index (Phi) is 4.01. The maximum atomic E-state index is 13.0. The molecule has 2 aliphatic rings. The molecule has 7 nitrogen and oxygen atoms in total. The second kappa shape index (κ2) is 6.56. The zero-order valence-electron chi connectivity index (χ0n) is 15.0. The topological polar surface area (TPSA) is 84.3 Å². The molecule has 1 aliphatic carbocycles. The Hall–Kier alpha value is -3.00. The van der Waals surface area contributed by atoms with Crippen molar-refractivity contribution in [2.45, 2.75) is 25.3 Å². The average Bonchev–Trinajstić information content (AvgIpc) is 3.33. The van der Waals surface area contributed by atoms with Gasteiger partial charge in [0.2, 0.25) is 11.8 Å². The molecular weight excluding hydrogens is 376 g/mol. The summed E-state index contributed by atoms with van der Waals surface area (Å²) in [6.07, 6.45) is 3.56. The first kappa shape index (κ1) is 17.1. The highest BCUT2D eigenvalue weighted by Gasteiger charge is 2.41. The summed E-state index contributed by atoms with van der Waals surface area (Å²) in [5.74, 6) is -0.740. The number of fused-ring (bicyclic) bond motifs is 1. The summed E-state index contributed by atoms with van der Waals surface area (Å²) in [7, 11) is 0. The molecule has 1 aromatic carbocycles. The first-order valence-corrected chi connectivity index (χ1v) is 10.1. The third-order valence-corrected chi connectivity index (χ3v) is 6.21. The number of hydrogen-bond acceptors (Lipinski definition) is 5. The van der Waals surface area contributed by atoms with Crippen LogP contribution in [-0.4, -0.2) is 39.0 Å². The number of carbonyl (C=O) groups excluding carboxylic acids is 2. The largest absolute Gasteiger partial charge is 0.339 e. The van der Waals surface area contributed by atoms with Crippen LogP contribution in [0.5, 0.6) is 0 Å². The van der Waals surface area contributed by atoms with Gasteiger partial charge in [-0.25, -0.2) is 9.66 Å². The molecule has 2 amide bonds. The number of nitrogens with one attached hydrogen (secondary N) is 1. The Balaban J connectivity index is 1.43. The number of likely N-dealkylation sites (tertiary alicyclic amines) is 1. The van der Waals surface area contributed by atoms with Crippen molar-refractivity contribution in [1.29, 1.82) is 0 Å². The maximum Gasteiger partial charge on any atom is 0.281 e. The number of nitrogens with zero attached hydrogens (tertiary/aromatic N) is 3. The molecule has 0 bridgehead atoms. The SMILES string of the molecule is O=C(Nn1cnc2scc(-c3ccccc3)c2c1=O)[C@H]1CC(=O)N(C2CC2)C1. The molecule has 3 aromatic rings. The van der Waals surface area contributed by atoms with E-state index in [-0.39, 0.29) is 23.8 Å². The maximum absolute atomic E-state index is 13.0. The summed E-state index contributed by atoms with van der Waals surface area (Å²) in [4.78, 5) is 44.5. The van der Waals surface area contributed by atoms with E-state index in [4.69, 9.17) is 0 Å². The molecule has 1 aliphatic heterocycles. The highest BCUT2D eigenvalue weighted by Crippen LogP contribution is 2.33. The number of amides is 2. The number of carbonyl (C=O) groups is 2. The molecule has 0 unspecified atom stereocenters. The first-order chi connectivity index (χ1) is 13.6. The fourth-order valence-electron chi connectivity index (χ4n) is 3.70. The second-order valence-corrected chi connectivity index (χ2v) is 8.13. The Labute approximate surface area is 164 Å². The average molecular weight is 394 g/mol. The van der Waals surface area contributed by atoms with Crippen molar-refractivity contribution < 1.29 is 9.59 Å². The number of aromatic nitrogens is 2. The van der Waals surface area contributed by atoms with Gasteiger partial charge < -0.3 is 4.90 Å². The molecule has 1 N–H and O–H groups in total. The highest BCUT2D eigenvalue weighted by atomic mass is 32.1. The van der Waals surface area contributed by atoms with Crippen LogP contribution in [0.2, 0.25) is 0 Å². The minimum Gasteiger partial charge on any atom is -0.339 e. The summed E-state index contributed by atoms with van der Waals surface area (Å²) in [5, 5.41) is 2.39. The van der Waals surface area contributed by atoms with Crippen LogP contribution < -0.4 is 11.0 Å². The van der Waals surface area contributed by atoms with Crippen molar-refractivity contribution in [3.8, 4) is 11.1 Å². The van der Waals surface area contributed by atoms with Crippen LogP contribution in [0.3, 0.4) is 0 Å². The molecule has 5 rings (SSSR count). The predicted octanol–water partition coefficient (Wildman–Crippen LogP) is 2.21. The van der Waals surface area contributed by atoms with Crippen molar-refractivity contribution in [3.05, 3.63) is 52.4 Å². The van der Waals surface area contributed by atoms with Crippen LogP contribution in [-0.2, 0) is 9.59 Å². The van der Waals surface area contributed by atoms with Crippen molar-refractivity contribution >= 4 is 33.4 Å². The fraction of sp³-hybridized carbons (Fsp3) is 0.300. The summed E-state index contributed by atoms with van der Waals surface area (Å²) < 4.78 is 1.13. The third kappa shape index (κ3) is 2.90. The molecule has 28 heavy (non-hydrogen) atoms. The van der Waals surface area contributed by atoms with E-state index in [1.165, 1.54) is 17.7 Å². The van der Waals surface area contributed by atoms with Crippen LogP contribution in [0.1, 0.15) is 19.3 Å². The van der Waals surface area contributed by atoms with Gasteiger partial charge in [0, 0.05) is 30.0 Å². The number of rotatable bonds is 4. The molecule has 1 atom stereocenters. The van der Waals surface area contributed by atoms with Crippen LogP contribution in [0.4, 0.5) is 0 Å². The number of benzene rings is 1. The van der Waals surface area contributed by atoms with E-state index in [9.17, 15) is 14.4 Å². The van der Waals surface area contributed by atoms with E-state index in [1.54, 1.807) is 4.90 Å². The van der Waals surface area contributed by atoms with E-state index >= 15 is 0 Å². The van der Waals surface area contributed by atoms with E-state index < -0.39 is 5.92 Å². The summed E-state index contributed by atoms with van der Waals surface area (Å²) in [6.45, 7) is 0.424. The lowest BCUT2D eigenvalue weighted by Crippen LogP contribution is -2.37. The van der Waals surface area contributed by atoms with Gasteiger partial charge in [0.15, 0.2) is 0 Å². The lowest BCUT2D eigenvalue weighted by Gasteiger charge is -2.15. The number of hydrogen-bond donors (Lipinski definition) is 1. The molecule has 8 heteroatoms. The monoisotopic (exact) mass is 394 g/mol. The van der Waals surface area contributed by atoms with Crippen LogP contribution >= 0.6 is 11.3 Å². The molecule has 0 spiro atoms. The van der Waals surface area contributed by atoms with Gasteiger partial charge in [-0.05, 0) is 18.4 Å². The first-order valence-electron chi connectivity index (χ1n) is 9.26. The van der Waals surface area contributed by atoms with Crippen molar-refractivity contribution in [1.82, 2.24) is 14.6 Å². The van der Waals surface area contributed by atoms with E-state index in [2.05, 4.69) is 10.4 Å². The van der Waals surface area contributed by atoms with Gasteiger partial charge in [-0.15, -0.1) is 11.3 Å². The van der Waals surface area contributed by atoms with E-state index in [1.807, 2.05) is 35.7 Å². The minimum atomic E-state index is -0.438. The van der Waals surface area contributed by atoms with Gasteiger partial charge in [0.05, 0.1) is 11.3 Å². The van der Waals surface area contributed by atoms with Crippen LogP contribution in [0.15, 0.2) is 46.8 Å². The number of thiophene rings is 1. The molecule has 1 saturated carbocycles. The van der Waals surface area contributed by atoms with E-state index in [0.717, 1.165) is 28.6 Å². The Morgan fingerprint density at radius 2 is 1.96 bits per heavy atom. The molecule has 3 heterocycles. The van der Waals surface area contributed by atoms with Gasteiger partial charge in [-0.3, -0.25) is 19.8 Å². The zero-order valence-corrected chi connectivity index (χ0v) is 15.8. The molecule has 2 fully saturated rings. The van der Waals surface area contributed by atoms with Crippen LogP contribution in [0.25, 0.3) is 21.3 Å². The van der Waals surface area contributed by atoms with Gasteiger partial charge >= 0.3 is 0 Å². The molecule has 142 valence electrons. The smallest absolute Gasteiger partial charge is 0.281 e. The second-order valence-electron chi connectivity index (χ2n) is 7.27. The normalized spacial score (nSPS) is 19.4. The van der Waals surface area contributed by atoms with E-state index in [0.29, 0.717) is 22.8 Å². The van der Waals surface area contributed by atoms with Crippen molar-refractivity contribution in [2.24, 2.45) is 5.92 Å². The lowest BCUT2D eigenvalue weighted by atomic mass is 10.1. The predicted molar refractivity (Wildman–Crippen MR) is 107 cm³/mol. The summed E-state index contributed by atoms with van der Waals surface area (Å²) in [5.41, 5.74) is 4.06. The molecule has 0 radical (unpaired) electrons. The Morgan fingerprint density at radius 3 is 2.71 bits per heavy atom. The summed E-state index contributed by atoms with van der Waals surface area (Å²) >= 11 is 1.40. The third-order valence-electron chi connectivity index (χ3n) is 5.33. The van der Waals surface area contributed by atoms with Gasteiger partial charge in [-0.2, -0.15) is 0 Å². The Bertz CT molecular complexity index is 1130. The fourth-order valence-corrected chi connectivity index (χ4v) is 4.61. The van der Waals surface area contributed by atoms with Crippen molar-refractivity contribution in [3.63, 3.8) is 0 Å². The van der Waals surface area contributed by atoms with Crippen LogP contribution in [0, 0.1) is 5.92 Å². The van der Waals surface area contributed by atoms with Gasteiger partial charge in [0.1, 0.15) is 11.2 Å². The van der Waals surface area contributed by atoms with Gasteiger partial charge in [0.25, 0.3) is 5.56 Å². The van der Waals surface area contributed by atoms with Gasteiger partial charge in [-0.1, -0.05) is 30.3 Å². The lowest BCUT2D eigenvalue weighted by molar-refractivity contribution is -0.128. The minimum absolute atomic E-state index is 0.0211. The summed E-state index contributed by atoms with van der Waals surface area (Å²) in [6, 6.07) is 9.92. The Morgan fingerprint density at radius 1 is 1.18 bits per heavy atom. The molecular formula is C20H18N4O3S. The molecule has 1 saturated heterocycles. The highest BCUT2D eigenvalue weighted by molar-refractivity contribution is 7.17. The quantitative estimate of drug-likeness (QED) is 0.735. The standard InChI is InChI=1S/C20H18N4O3S/c25-16-8-13(9-23(16)14-6-7-14)18(26)22-24-11-21-19-17(20(24)27)15(10-28-19)12-4-2-1-3-5-12/h1-5,10-11,13-14H,6-9H2,(H,22,26)/t13-/m0/s1. The molecule has 2 aromatic heterocycles. The van der Waals surface area contributed by atoms with Crippen molar-refractivity contribution in [2.75, 3.05) is 12.0 Å². The zero-order chi connectivity index (χ0) is 19.3.